The molecule has 0 unspecified atom stereocenters. The molecule has 0 aliphatic rings. The van der Waals surface area contributed by atoms with Gasteiger partial charge in [0.15, 0.2) is 0 Å². The molecule has 2 atom stereocenters. The van der Waals surface area contributed by atoms with Gasteiger partial charge in [-0.25, -0.2) is 0 Å². The first-order valence-electron chi connectivity index (χ1n) is 8.65. The van der Waals surface area contributed by atoms with Gasteiger partial charge in [0, 0.05) is 29.6 Å². The molecule has 5 heteroatoms. The molecule has 0 aliphatic carbocycles. The zero-order valence-electron chi connectivity index (χ0n) is 15.3. The molecule has 3 aromatic rings. The summed E-state index contributed by atoms with van der Waals surface area (Å²) in [6, 6.07) is 15.9. The van der Waals surface area contributed by atoms with Crippen LogP contribution < -0.4 is 10.1 Å². The molecule has 1 aromatic heterocycles. The Morgan fingerprint density at radius 3 is 2.54 bits per heavy atom. The van der Waals surface area contributed by atoms with Crippen LogP contribution in [0.3, 0.4) is 0 Å². The minimum atomic E-state index is -0.369. The highest BCUT2D eigenvalue weighted by atomic mass is 16.5. The molecule has 0 saturated heterocycles. The molecule has 1 heterocycles. The molecule has 0 spiro atoms. The monoisotopic (exact) mass is 352 g/mol. The Kier molecular flexibility index (Phi) is 5.58. The summed E-state index contributed by atoms with van der Waals surface area (Å²) >= 11 is 0. The predicted molar refractivity (Wildman–Crippen MR) is 103 cm³/mol. The first-order valence-corrected chi connectivity index (χ1v) is 8.65. The van der Waals surface area contributed by atoms with Crippen molar-refractivity contribution >= 4 is 16.9 Å². The maximum atomic E-state index is 11.7. The molecule has 0 fully saturated rings. The molecule has 0 radical (unpaired) electrons. The van der Waals surface area contributed by atoms with Crippen LogP contribution in [0.1, 0.15) is 24.0 Å². The number of benzene rings is 2. The summed E-state index contributed by atoms with van der Waals surface area (Å²) in [4.78, 5) is 15.1. The van der Waals surface area contributed by atoms with E-state index >= 15 is 0 Å². The van der Waals surface area contributed by atoms with Gasteiger partial charge in [-0.3, -0.25) is 4.79 Å². The number of aromatic amines is 1. The maximum Gasteiger partial charge on any atom is 0.322 e. The lowest BCUT2D eigenvalue weighted by Gasteiger charge is -2.20. The molecule has 5 nitrogen and oxygen atoms in total. The number of methoxy groups -OCH3 is 2. The number of ether oxygens (including phenoxy) is 2. The number of nitrogens with one attached hydrogen (secondary N) is 2. The number of hydrogen-bond donors (Lipinski definition) is 2. The van der Waals surface area contributed by atoms with Crippen LogP contribution in [0.4, 0.5) is 0 Å². The molecular formula is C21H24N2O3. The minimum absolute atomic E-state index is 0.0872. The van der Waals surface area contributed by atoms with Gasteiger partial charge in [-0.1, -0.05) is 30.3 Å². The van der Waals surface area contributed by atoms with Crippen LogP contribution in [0.25, 0.3) is 10.9 Å². The van der Waals surface area contributed by atoms with Gasteiger partial charge in [-0.05, 0) is 36.2 Å². The van der Waals surface area contributed by atoms with Crippen molar-refractivity contribution in [2.45, 2.75) is 18.9 Å². The normalized spacial score (nSPS) is 13.3. The van der Waals surface area contributed by atoms with Crippen molar-refractivity contribution in [3.8, 4) is 5.75 Å². The Morgan fingerprint density at radius 2 is 1.85 bits per heavy atom. The molecule has 0 aliphatic heterocycles. The number of rotatable bonds is 7. The van der Waals surface area contributed by atoms with E-state index in [4.69, 9.17) is 9.47 Å². The molecule has 26 heavy (non-hydrogen) atoms. The lowest BCUT2D eigenvalue weighted by Crippen LogP contribution is -2.37. The number of hydrogen-bond acceptors (Lipinski definition) is 4. The first-order chi connectivity index (χ1) is 12.6. The topological polar surface area (TPSA) is 63.4 Å². The Hall–Kier alpha value is -2.79. The van der Waals surface area contributed by atoms with E-state index < -0.39 is 0 Å². The van der Waals surface area contributed by atoms with Crippen LogP contribution in [0.2, 0.25) is 0 Å². The summed E-state index contributed by atoms with van der Waals surface area (Å²) in [5.41, 5.74) is 3.44. The van der Waals surface area contributed by atoms with Crippen LogP contribution in [-0.2, 0) is 9.53 Å². The van der Waals surface area contributed by atoms with E-state index in [9.17, 15) is 4.79 Å². The average molecular weight is 352 g/mol. The first kappa shape index (κ1) is 18.0. The van der Waals surface area contributed by atoms with Crippen LogP contribution in [0.15, 0.2) is 54.7 Å². The van der Waals surface area contributed by atoms with E-state index in [1.165, 1.54) is 18.1 Å². The van der Waals surface area contributed by atoms with Gasteiger partial charge in [-0.2, -0.15) is 0 Å². The van der Waals surface area contributed by atoms with Gasteiger partial charge < -0.3 is 19.8 Å². The number of H-pyrrole nitrogens is 1. The summed E-state index contributed by atoms with van der Waals surface area (Å²) < 4.78 is 10.1. The number of carbonyl (C=O) groups is 1. The van der Waals surface area contributed by atoms with Crippen molar-refractivity contribution in [2.75, 3.05) is 20.8 Å². The number of aromatic nitrogens is 1. The SMILES string of the molecule is COC(=O)[C@H](C)NC[C@H](c1ccc(OC)cc1)c1c[nH]c2ccccc12. The van der Waals surface area contributed by atoms with Crippen molar-refractivity contribution < 1.29 is 14.3 Å². The fraction of sp³-hybridized carbons (Fsp3) is 0.286. The summed E-state index contributed by atoms with van der Waals surface area (Å²) in [6.07, 6.45) is 2.05. The highest BCUT2D eigenvalue weighted by Gasteiger charge is 2.21. The maximum absolute atomic E-state index is 11.7. The summed E-state index contributed by atoms with van der Waals surface area (Å²) in [5.74, 6) is 0.642. The van der Waals surface area contributed by atoms with E-state index in [1.54, 1.807) is 7.11 Å². The van der Waals surface area contributed by atoms with Gasteiger partial charge in [0.1, 0.15) is 11.8 Å². The van der Waals surface area contributed by atoms with Gasteiger partial charge >= 0.3 is 5.97 Å². The van der Waals surface area contributed by atoms with E-state index in [0.717, 1.165) is 16.8 Å². The third-order valence-corrected chi connectivity index (χ3v) is 4.70. The summed E-state index contributed by atoms with van der Waals surface area (Å²) in [5, 5.41) is 4.48. The van der Waals surface area contributed by atoms with Crippen molar-refractivity contribution in [3.63, 3.8) is 0 Å². The van der Waals surface area contributed by atoms with Gasteiger partial charge in [-0.15, -0.1) is 0 Å². The van der Waals surface area contributed by atoms with Crippen LogP contribution in [-0.4, -0.2) is 37.8 Å². The molecule has 0 amide bonds. The highest BCUT2D eigenvalue weighted by molar-refractivity contribution is 5.84. The zero-order valence-corrected chi connectivity index (χ0v) is 15.3. The quantitative estimate of drug-likeness (QED) is 0.639. The molecule has 0 saturated carbocycles. The smallest absolute Gasteiger partial charge is 0.322 e. The predicted octanol–water partition coefficient (Wildman–Crippen LogP) is 3.46. The second kappa shape index (κ2) is 8.06. The number of carbonyl (C=O) groups excluding carboxylic acids is 1. The lowest BCUT2D eigenvalue weighted by atomic mass is 9.90. The van der Waals surface area contributed by atoms with Crippen LogP contribution >= 0.6 is 0 Å². The molecular weight excluding hydrogens is 328 g/mol. The van der Waals surface area contributed by atoms with Crippen LogP contribution in [0, 0.1) is 0 Å². The Labute approximate surface area is 153 Å². The van der Waals surface area contributed by atoms with E-state index in [2.05, 4.69) is 34.6 Å². The van der Waals surface area contributed by atoms with Gasteiger partial charge in [0.2, 0.25) is 0 Å². The zero-order chi connectivity index (χ0) is 18.5. The fourth-order valence-corrected chi connectivity index (χ4v) is 3.18. The number of fused-ring (bicyclic) bond motifs is 1. The summed E-state index contributed by atoms with van der Waals surface area (Å²) in [7, 11) is 3.06. The van der Waals surface area contributed by atoms with E-state index in [1.807, 2.05) is 37.4 Å². The standard InChI is InChI=1S/C21H24N2O3/c1-14(21(24)26-3)22-12-18(15-8-10-16(25-2)11-9-15)19-13-23-20-7-5-4-6-17(19)20/h4-11,13-14,18,22-23H,12H2,1-3H3/t14-,18+/m0/s1. The van der Waals surface area contributed by atoms with Crippen molar-refractivity contribution in [1.82, 2.24) is 10.3 Å². The molecule has 136 valence electrons. The molecule has 2 aromatic carbocycles. The van der Waals surface area contributed by atoms with Crippen LogP contribution in [0.5, 0.6) is 5.75 Å². The van der Waals surface area contributed by atoms with Crippen molar-refractivity contribution in [1.29, 1.82) is 0 Å². The molecule has 0 bridgehead atoms. The summed E-state index contributed by atoms with van der Waals surface area (Å²) in [6.45, 7) is 2.43. The third-order valence-electron chi connectivity index (χ3n) is 4.70. The Bertz CT molecular complexity index is 870. The second-order valence-corrected chi connectivity index (χ2v) is 6.27. The van der Waals surface area contributed by atoms with Gasteiger partial charge in [0.05, 0.1) is 14.2 Å². The minimum Gasteiger partial charge on any atom is -0.497 e. The van der Waals surface area contributed by atoms with Crippen molar-refractivity contribution in [2.24, 2.45) is 0 Å². The lowest BCUT2D eigenvalue weighted by molar-refractivity contribution is -0.142. The van der Waals surface area contributed by atoms with E-state index in [0.29, 0.717) is 6.54 Å². The Balaban J connectivity index is 1.94. The second-order valence-electron chi connectivity index (χ2n) is 6.27. The van der Waals surface area contributed by atoms with E-state index in [-0.39, 0.29) is 17.9 Å². The highest BCUT2D eigenvalue weighted by Crippen LogP contribution is 2.31. The average Bonchev–Trinajstić information content (AvgIpc) is 3.12. The third kappa shape index (κ3) is 3.73. The van der Waals surface area contributed by atoms with Crippen molar-refractivity contribution in [3.05, 3.63) is 65.9 Å². The fourth-order valence-electron chi connectivity index (χ4n) is 3.18. The molecule has 2 N–H and O–H groups in total. The number of para-hydroxylation sites is 1. The number of esters is 1. The molecule has 3 rings (SSSR count). The largest absolute Gasteiger partial charge is 0.497 e. The Morgan fingerprint density at radius 1 is 1.12 bits per heavy atom. The van der Waals surface area contributed by atoms with Gasteiger partial charge in [0.25, 0.3) is 0 Å².